The lowest BCUT2D eigenvalue weighted by Crippen LogP contribution is -2.38. The molecule has 1 aliphatic rings. The molecule has 31 heavy (non-hydrogen) atoms. The van der Waals surface area contributed by atoms with E-state index in [1.807, 2.05) is 6.92 Å². The van der Waals surface area contributed by atoms with E-state index in [1.165, 1.54) is 33.5 Å². The standard InChI is InChI=1S/C19H23Cl2N5O4S/c1-5-24-18-15(16(27)23(4)19(24)29)14(17(28)26-7-6-8-30-26)12(31-18)10-25(11(2)22-3)13(21)9-20/h9H,5-8,10H2,1-4H3/b13-9+,22-11?. The van der Waals surface area contributed by atoms with Gasteiger partial charge >= 0.3 is 5.69 Å². The second kappa shape index (κ2) is 9.56. The van der Waals surface area contributed by atoms with Crippen LogP contribution in [-0.2, 0) is 25.0 Å². The van der Waals surface area contributed by atoms with Gasteiger partial charge in [0.05, 0.1) is 30.6 Å². The minimum atomic E-state index is -0.527. The maximum absolute atomic E-state index is 13.4. The lowest BCUT2D eigenvalue weighted by Gasteiger charge is -2.23. The molecule has 0 spiro atoms. The third kappa shape index (κ3) is 4.17. The van der Waals surface area contributed by atoms with E-state index in [0.29, 0.717) is 41.7 Å². The number of nitrogens with zero attached hydrogens (tertiary/aromatic N) is 5. The van der Waals surface area contributed by atoms with Crippen LogP contribution in [0.25, 0.3) is 10.2 Å². The van der Waals surface area contributed by atoms with Gasteiger partial charge in [0, 0.05) is 31.1 Å². The molecule has 0 aromatic carbocycles. The Kier molecular flexibility index (Phi) is 7.25. The fourth-order valence-corrected chi connectivity index (χ4v) is 5.02. The topological polar surface area (TPSA) is 89.1 Å². The highest BCUT2D eigenvalue weighted by molar-refractivity contribution is 7.19. The van der Waals surface area contributed by atoms with Gasteiger partial charge in [0.1, 0.15) is 15.8 Å². The molecule has 0 bridgehead atoms. The number of carbonyl (C=O) groups is 1. The number of amides is 1. The van der Waals surface area contributed by atoms with E-state index in [9.17, 15) is 14.4 Å². The highest BCUT2D eigenvalue weighted by Crippen LogP contribution is 2.33. The molecule has 3 heterocycles. The SMILES string of the molecule is CCn1c(=O)n(C)c(=O)c2c(C(=O)N3CCCO3)c(CN(C(C)=NC)/C(Cl)=C/Cl)sc21. The van der Waals surface area contributed by atoms with Gasteiger partial charge in [-0.25, -0.2) is 9.86 Å². The number of aryl methyl sites for hydroxylation is 1. The van der Waals surface area contributed by atoms with Crippen LogP contribution in [0.5, 0.6) is 0 Å². The van der Waals surface area contributed by atoms with E-state index < -0.39 is 17.2 Å². The molecule has 0 aliphatic carbocycles. The first kappa shape index (κ1) is 23.5. The molecule has 2 aromatic heterocycles. The quantitative estimate of drug-likeness (QED) is 0.367. The summed E-state index contributed by atoms with van der Waals surface area (Å²) in [4.78, 5) is 51.4. The maximum atomic E-state index is 13.4. The summed E-state index contributed by atoms with van der Waals surface area (Å²) in [5, 5.41) is 1.66. The lowest BCUT2D eigenvalue weighted by molar-refractivity contribution is -0.0767. The maximum Gasteiger partial charge on any atom is 0.331 e. The Hall–Kier alpha value is -2.14. The largest absolute Gasteiger partial charge is 0.331 e. The third-order valence-corrected chi connectivity index (χ3v) is 6.95. The molecule has 3 rings (SSSR count). The second-order valence-electron chi connectivity index (χ2n) is 6.85. The average molecular weight is 488 g/mol. The first-order chi connectivity index (χ1) is 14.8. The number of carbonyl (C=O) groups excluding carboxylic acids is 1. The van der Waals surface area contributed by atoms with E-state index in [0.717, 1.165) is 4.57 Å². The zero-order valence-corrected chi connectivity index (χ0v) is 20.0. The normalized spacial score (nSPS) is 15.2. The summed E-state index contributed by atoms with van der Waals surface area (Å²) in [6.07, 6.45) is 0.704. The predicted octanol–water partition coefficient (Wildman–Crippen LogP) is 2.69. The van der Waals surface area contributed by atoms with Crippen LogP contribution in [0.2, 0.25) is 0 Å². The third-order valence-electron chi connectivity index (χ3n) is 5.12. The van der Waals surface area contributed by atoms with E-state index >= 15 is 0 Å². The molecule has 1 aliphatic heterocycles. The minimum Gasteiger partial charge on any atom is -0.315 e. The Balaban J connectivity index is 2.33. The molecule has 0 radical (unpaired) electrons. The minimum absolute atomic E-state index is 0.139. The van der Waals surface area contributed by atoms with Crippen LogP contribution in [0, 0.1) is 0 Å². The van der Waals surface area contributed by atoms with Gasteiger partial charge in [0.25, 0.3) is 11.5 Å². The van der Waals surface area contributed by atoms with Crippen molar-refractivity contribution >= 4 is 56.5 Å². The van der Waals surface area contributed by atoms with Crippen LogP contribution in [0.1, 0.15) is 35.5 Å². The van der Waals surface area contributed by atoms with Crippen molar-refractivity contribution < 1.29 is 9.63 Å². The van der Waals surface area contributed by atoms with Crippen molar-refractivity contribution in [2.24, 2.45) is 12.0 Å². The van der Waals surface area contributed by atoms with Gasteiger partial charge in [0.15, 0.2) is 0 Å². The number of hydrogen-bond acceptors (Lipinski definition) is 6. The van der Waals surface area contributed by atoms with Gasteiger partial charge in [-0.2, -0.15) is 0 Å². The number of hydrogen-bond donors (Lipinski definition) is 0. The van der Waals surface area contributed by atoms with Crippen molar-refractivity contribution in [2.45, 2.75) is 33.4 Å². The van der Waals surface area contributed by atoms with Gasteiger partial charge in [-0.3, -0.25) is 28.6 Å². The van der Waals surface area contributed by atoms with E-state index in [-0.39, 0.29) is 22.7 Å². The molecule has 168 valence electrons. The molecule has 0 N–H and O–H groups in total. The highest BCUT2D eigenvalue weighted by atomic mass is 35.5. The summed E-state index contributed by atoms with van der Waals surface area (Å²) in [5.41, 5.74) is 0.445. The van der Waals surface area contributed by atoms with Crippen LogP contribution < -0.4 is 11.2 Å². The van der Waals surface area contributed by atoms with E-state index in [4.69, 9.17) is 28.0 Å². The Morgan fingerprint density at radius 2 is 2.10 bits per heavy atom. The molecule has 0 unspecified atom stereocenters. The highest BCUT2D eigenvalue weighted by Gasteiger charge is 2.31. The number of rotatable bonds is 5. The van der Waals surface area contributed by atoms with Crippen LogP contribution in [-0.4, -0.2) is 51.0 Å². The fraction of sp³-hybridized carbons (Fsp3) is 0.474. The molecule has 0 atom stereocenters. The Labute approximate surface area is 192 Å². The molecule has 2 aromatic rings. The number of amidine groups is 1. The Bertz CT molecular complexity index is 1170. The molecule has 1 amide bonds. The van der Waals surface area contributed by atoms with E-state index in [2.05, 4.69) is 4.99 Å². The number of aliphatic imine (C=N–C) groups is 1. The van der Waals surface area contributed by atoms with Crippen molar-refractivity contribution in [3.05, 3.63) is 42.0 Å². The predicted molar refractivity (Wildman–Crippen MR) is 123 cm³/mol. The molecule has 1 saturated heterocycles. The van der Waals surface area contributed by atoms with Crippen molar-refractivity contribution in [3.63, 3.8) is 0 Å². The van der Waals surface area contributed by atoms with Crippen LogP contribution in [0.4, 0.5) is 0 Å². The van der Waals surface area contributed by atoms with E-state index in [1.54, 1.807) is 18.9 Å². The molecule has 12 heteroatoms. The second-order valence-corrected chi connectivity index (χ2v) is 8.54. The molecule has 1 fully saturated rings. The number of hydroxylamine groups is 2. The fourth-order valence-electron chi connectivity index (χ4n) is 3.39. The molecule has 0 saturated carbocycles. The zero-order chi connectivity index (χ0) is 22.9. The summed E-state index contributed by atoms with van der Waals surface area (Å²) >= 11 is 13.3. The average Bonchev–Trinajstić information content (AvgIpc) is 3.43. The van der Waals surface area contributed by atoms with Gasteiger partial charge in [0.2, 0.25) is 0 Å². The summed E-state index contributed by atoms with van der Waals surface area (Å²) in [6, 6.07) is 0. The van der Waals surface area contributed by atoms with Crippen molar-refractivity contribution in [2.75, 3.05) is 20.2 Å². The number of halogens is 2. The van der Waals surface area contributed by atoms with Gasteiger partial charge in [-0.15, -0.1) is 11.3 Å². The van der Waals surface area contributed by atoms with Crippen LogP contribution in [0.3, 0.4) is 0 Å². The lowest BCUT2D eigenvalue weighted by atomic mass is 10.1. The van der Waals surface area contributed by atoms with Crippen molar-refractivity contribution in [1.29, 1.82) is 0 Å². The Morgan fingerprint density at radius 3 is 2.65 bits per heavy atom. The summed E-state index contributed by atoms with van der Waals surface area (Å²) in [6.45, 7) is 4.89. The van der Waals surface area contributed by atoms with Gasteiger partial charge in [-0.1, -0.05) is 23.2 Å². The van der Waals surface area contributed by atoms with Crippen LogP contribution in [0.15, 0.2) is 25.3 Å². The van der Waals surface area contributed by atoms with Gasteiger partial charge in [-0.05, 0) is 20.3 Å². The summed E-state index contributed by atoms with van der Waals surface area (Å²) < 4.78 is 2.50. The zero-order valence-electron chi connectivity index (χ0n) is 17.6. The summed E-state index contributed by atoms with van der Waals surface area (Å²) in [7, 11) is 3.02. The molecular formula is C19H23Cl2N5O4S. The smallest absolute Gasteiger partial charge is 0.315 e. The van der Waals surface area contributed by atoms with Crippen LogP contribution >= 0.6 is 34.5 Å². The molecular weight excluding hydrogens is 465 g/mol. The number of thiophene rings is 1. The molecule has 9 nitrogen and oxygen atoms in total. The number of fused-ring (bicyclic) bond motifs is 1. The van der Waals surface area contributed by atoms with Crippen molar-refractivity contribution in [1.82, 2.24) is 19.1 Å². The first-order valence-electron chi connectivity index (χ1n) is 9.63. The summed E-state index contributed by atoms with van der Waals surface area (Å²) in [5.74, 6) is 0.144. The number of aromatic nitrogens is 2. The van der Waals surface area contributed by atoms with Crippen molar-refractivity contribution in [3.8, 4) is 0 Å². The van der Waals surface area contributed by atoms with Gasteiger partial charge < -0.3 is 4.90 Å². The Morgan fingerprint density at radius 1 is 1.39 bits per heavy atom. The first-order valence-corrected chi connectivity index (χ1v) is 11.3. The monoisotopic (exact) mass is 487 g/mol.